The number of carboxylic acid groups (broad SMARTS) is 1. The van der Waals surface area contributed by atoms with Crippen LogP contribution in [0.15, 0.2) is 18.2 Å². The van der Waals surface area contributed by atoms with Crippen LogP contribution >= 0.6 is 0 Å². The molecule has 0 fully saturated rings. The molecule has 0 radical (unpaired) electrons. The fourth-order valence-corrected chi connectivity index (χ4v) is 2.22. The van der Waals surface area contributed by atoms with Crippen LogP contribution in [0.2, 0.25) is 0 Å². The third-order valence-electron chi connectivity index (χ3n) is 3.19. The number of likely N-dealkylation sites (N-methyl/N-ethyl adjacent to an activating group) is 1. The SMILES string of the molecule is CCc1cc(C(NC)C(N)CC(=O)O)ccc1OC. The molecule has 1 aromatic carbocycles. The van der Waals surface area contributed by atoms with Gasteiger partial charge in [0.1, 0.15) is 5.75 Å². The third kappa shape index (κ3) is 3.94. The van der Waals surface area contributed by atoms with Crippen LogP contribution in [0.5, 0.6) is 5.75 Å². The highest BCUT2D eigenvalue weighted by Gasteiger charge is 2.21. The van der Waals surface area contributed by atoms with E-state index in [0.29, 0.717) is 0 Å². The van der Waals surface area contributed by atoms with Crippen molar-refractivity contribution >= 4 is 5.97 Å². The van der Waals surface area contributed by atoms with Gasteiger partial charge in [-0.1, -0.05) is 19.1 Å². The summed E-state index contributed by atoms with van der Waals surface area (Å²) in [5.41, 5.74) is 8.02. The van der Waals surface area contributed by atoms with E-state index in [0.717, 1.165) is 23.3 Å². The van der Waals surface area contributed by atoms with Gasteiger partial charge in [0.2, 0.25) is 0 Å². The Bertz CT molecular complexity index is 435. The highest BCUT2D eigenvalue weighted by atomic mass is 16.5. The molecule has 0 saturated heterocycles. The number of nitrogens with one attached hydrogen (secondary N) is 1. The molecule has 1 aromatic rings. The van der Waals surface area contributed by atoms with Crippen LogP contribution in [-0.2, 0) is 11.2 Å². The molecule has 0 aliphatic rings. The van der Waals surface area contributed by atoms with Crippen LogP contribution in [-0.4, -0.2) is 31.3 Å². The molecule has 0 aliphatic carbocycles. The van der Waals surface area contributed by atoms with Crippen LogP contribution in [0, 0.1) is 0 Å². The number of ether oxygens (including phenoxy) is 1. The second-order valence-corrected chi connectivity index (χ2v) is 4.45. The maximum Gasteiger partial charge on any atom is 0.304 e. The molecular formula is C14H22N2O3. The van der Waals surface area contributed by atoms with Crippen LogP contribution in [0.1, 0.15) is 30.5 Å². The Kier molecular flexibility index (Phi) is 5.79. The molecule has 19 heavy (non-hydrogen) atoms. The first-order valence-corrected chi connectivity index (χ1v) is 6.34. The molecule has 2 unspecified atom stereocenters. The summed E-state index contributed by atoms with van der Waals surface area (Å²) in [6, 6.07) is 5.17. The van der Waals surface area contributed by atoms with Crippen molar-refractivity contribution in [2.45, 2.75) is 31.8 Å². The molecule has 5 heteroatoms. The number of aliphatic carboxylic acids is 1. The van der Waals surface area contributed by atoms with Gasteiger partial charge in [-0.05, 0) is 30.7 Å². The largest absolute Gasteiger partial charge is 0.496 e. The van der Waals surface area contributed by atoms with E-state index in [1.807, 2.05) is 25.1 Å². The molecule has 1 rings (SSSR count). The van der Waals surface area contributed by atoms with E-state index >= 15 is 0 Å². The van der Waals surface area contributed by atoms with Gasteiger partial charge in [0.15, 0.2) is 0 Å². The van der Waals surface area contributed by atoms with Crippen molar-refractivity contribution < 1.29 is 14.6 Å². The minimum Gasteiger partial charge on any atom is -0.496 e. The number of rotatable bonds is 7. The molecule has 0 aliphatic heterocycles. The molecule has 0 heterocycles. The van der Waals surface area contributed by atoms with E-state index in [1.54, 1.807) is 14.2 Å². The summed E-state index contributed by atoms with van der Waals surface area (Å²) in [6.07, 6.45) is 0.778. The lowest BCUT2D eigenvalue weighted by atomic mass is 9.95. The zero-order valence-corrected chi connectivity index (χ0v) is 11.6. The first kappa shape index (κ1) is 15.5. The summed E-state index contributed by atoms with van der Waals surface area (Å²) in [4.78, 5) is 10.8. The topological polar surface area (TPSA) is 84.6 Å². The number of benzene rings is 1. The van der Waals surface area contributed by atoms with Crippen LogP contribution in [0.4, 0.5) is 0 Å². The summed E-state index contributed by atoms with van der Waals surface area (Å²) in [5.74, 6) is -0.0510. The van der Waals surface area contributed by atoms with Crippen LogP contribution < -0.4 is 15.8 Å². The molecule has 0 aromatic heterocycles. The zero-order chi connectivity index (χ0) is 14.4. The standard InChI is InChI=1S/C14H22N2O3/c1-4-9-7-10(5-6-12(9)19-3)14(16-2)11(15)8-13(17)18/h5-7,11,14,16H,4,8,15H2,1-3H3,(H,17,18). The Hall–Kier alpha value is -1.59. The van der Waals surface area contributed by atoms with Crippen molar-refractivity contribution in [2.24, 2.45) is 5.73 Å². The first-order chi connectivity index (χ1) is 9.03. The van der Waals surface area contributed by atoms with Gasteiger partial charge in [-0.25, -0.2) is 0 Å². The lowest BCUT2D eigenvalue weighted by Gasteiger charge is -2.23. The van der Waals surface area contributed by atoms with Gasteiger partial charge in [0.05, 0.1) is 13.5 Å². The third-order valence-corrected chi connectivity index (χ3v) is 3.19. The molecule has 106 valence electrons. The Balaban J connectivity index is 3.01. The smallest absolute Gasteiger partial charge is 0.304 e. The summed E-state index contributed by atoms with van der Waals surface area (Å²) in [7, 11) is 3.42. The van der Waals surface area contributed by atoms with Gasteiger partial charge in [-0.3, -0.25) is 4.79 Å². The summed E-state index contributed by atoms with van der Waals surface area (Å²) < 4.78 is 5.28. The van der Waals surface area contributed by atoms with Crippen LogP contribution in [0.3, 0.4) is 0 Å². The molecule has 0 amide bonds. The minimum atomic E-state index is -0.892. The number of nitrogens with two attached hydrogens (primary N) is 1. The van der Waals surface area contributed by atoms with Gasteiger partial charge in [0, 0.05) is 12.1 Å². The van der Waals surface area contributed by atoms with Gasteiger partial charge in [-0.2, -0.15) is 0 Å². The van der Waals surface area contributed by atoms with Crippen molar-refractivity contribution in [1.29, 1.82) is 0 Å². The van der Waals surface area contributed by atoms with Crippen molar-refractivity contribution in [3.63, 3.8) is 0 Å². The van der Waals surface area contributed by atoms with Gasteiger partial charge in [-0.15, -0.1) is 0 Å². The van der Waals surface area contributed by atoms with E-state index in [2.05, 4.69) is 5.32 Å². The Morgan fingerprint density at radius 3 is 2.68 bits per heavy atom. The second kappa shape index (κ2) is 7.11. The quantitative estimate of drug-likeness (QED) is 0.693. The van der Waals surface area contributed by atoms with E-state index in [1.165, 1.54) is 0 Å². The van der Waals surface area contributed by atoms with Gasteiger partial charge >= 0.3 is 5.97 Å². The molecule has 0 spiro atoms. The number of hydrogen-bond acceptors (Lipinski definition) is 4. The van der Waals surface area contributed by atoms with E-state index in [9.17, 15) is 4.79 Å². The normalized spacial score (nSPS) is 13.9. The zero-order valence-electron chi connectivity index (χ0n) is 11.6. The van der Waals surface area contributed by atoms with E-state index in [-0.39, 0.29) is 12.5 Å². The Labute approximate surface area is 113 Å². The highest BCUT2D eigenvalue weighted by molar-refractivity contribution is 5.67. The maximum absolute atomic E-state index is 10.8. The summed E-state index contributed by atoms with van der Waals surface area (Å²) >= 11 is 0. The predicted molar refractivity (Wildman–Crippen MR) is 74.4 cm³/mol. The van der Waals surface area contributed by atoms with Crippen molar-refractivity contribution in [3.8, 4) is 5.75 Å². The van der Waals surface area contributed by atoms with Crippen LogP contribution in [0.25, 0.3) is 0 Å². The molecule has 2 atom stereocenters. The second-order valence-electron chi connectivity index (χ2n) is 4.45. The lowest BCUT2D eigenvalue weighted by molar-refractivity contribution is -0.137. The number of hydrogen-bond donors (Lipinski definition) is 3. The number of aryl methyl sites for hydroxylation is 1. The number of carboxylic acids is 1. The average Bonchev–Trinajstić information content (AvgIpc) is 2.38. The van der Waals surface area contributed by atoms with Gasteiger partial charge in [0.25, 0.3) is 0 Å². The fourth-order valence-electron chi connectivity index (χ4n) is 2.22. The highest BCUT2D eigenvalue weighted by Crippen LogP contribution is 2.25. The maximum atomic E-state index is 10.8. The Morgan fingerprint density at radius 2 is 2.21 bits per heavy atom. The van der Waals surface area contributed by atoms with Crippen molar-refractivity contribution in [2.75, 3.05) is 14.2 Å². The lowest BCUT2D eigenvalue weighted by Crippen LogP contribution is -2.38. The molecule has 0 saturated carbocycles. The molecule has 5 nitrogen and oxygen atoms in total. The van der Waals surface area contributed by atoms with Gasteiger partial charge < -0.3 is 20.9 Å². The molecule has 0 bridgehead atoms. The summed E-state index contributed by atoms with van der Waals surface area (Å²) in [6.45, 7) is 2.05. The number of methoxy groups -OCH3 is 1. The first-order valence-electron chi connectivity index (χ1n) is 6.34. The number of carbonyl (C=O) groups is 1. The Morgan fingerprint density at radius 1 is 1.53 bits per heavy atom. The predicted octanol–water partition coefficient (Wildman–Crippen LogP) is 1.32. The monoisotopic (exact) mass is 266 g/mol. The molecular weight excluding hydrogens is 244 g/mol. The van der Waals surface area contributed by atoms with E-state index < -0.39 is 12.0 Å². The minimum absolute atomic E-state index is 0.0704. The van der Waals surface area contributed by atoms with Crippen molar-refractivity contribution in [3.05, 3.63) is 29.3 Å². The average molecular weight is 266 g/mol. The summed E-state index contributed by atoms with van der Waals surface area (Å²) in [5, 5.41) is 11.9. The fraction of sp³-hybridized carbons (Fsp3) is 0.500. The molecule has 4 N–H and O–H groups in total. The van der Waals surface area contributed by atoms with Crippen molar-refractivity contribution in [1.82, 2.24) is 5.32 Å². The van der Waals surface area contributed by atoms with E-state index in [4.69, 9.17) is 15.6 Å².